The largest absolute Gasteiger partial charge is 0.271 e. The normalized spacial score (nSPS) is 28.5. The van der Waals surface area contributed by atoms with E-state index in [0.717, 1.165) is 0 Å². The van der Waals surface area contributed by atoms with Crippen molar-refractivity contribution in [2.24, 2.45) is 5.84 Å². The average Bonchev–Trinajstić information content (AvgIpc) is 2.85. The van der Waals surface area contributed by atoms with E-state index in [1.165, 1.54) is 12.0 Å². The zero-order valence-electron chi connectivity index (χ0n) is 6.33. The Bertz CT molecular complexity index is 233. The van der Waals surface area contributed by atoms with Crippen LogP contribution in [0.15, 0.2) is 30.3 Å². The molecule has 2 rings (SSSR count). The van der Waals surface area contributed by atoms with E-state index < -0.39 is 0 Å². The number of hydrogen-bond acceptors (Lipinski definition) is 2. The number of hydrazine groups is 1. The summed E-state index contributed by atoms with van der Waals surface area (Å²) in [4.78, 5) is 0. The summed E-state index contributed by atoms with van der Waals surface area (Å²) >= 11 is 0. The van der Waals surface area contributed by atoms with Crippen LogP contribution in [0.1, 0.15) is 17.9 Å². The van der Waals surface area contributed by atoms with Crippen LogP contribution in [0.5, 0.6) is 0 Å². The molecule has 2 heteroatoms. The second kappa shape index (κ2) is 2.64. The summed E-state index contributed by atoms with van der Waals surface area (Å²) in [6.45, 7) is 0. The maximum Gasteiger partial charge on any atom is 0.0286 e. The van der Waals surface area contributed by atoms with Gasteiger partial charge in [0, 0.05) is 12.0 Å². The topological polar surface area (TPSA) is 38.0 Å². The van der Waals surface area contributed by atoms with Gasteiger partial charge in [-0.15, -0.1) is 0 Å². The maximum atomic E-state index is 5.31. The van der Waals surface area contributed by atoms with Gasteiger partial charge in [0.1, 0.15) is 0 Å². The van der Waals surface area contributed by atoms with Gasteiger partial charge < -0.3 is 0 Å². The first-order valence-corrected chi connectivity index (χ1v) is 3.93. The maximum absolute atomic E-state index is 5.31. The van der Waals surface area contributed by atoms with Crippen molar-refractivity contribution in [3.8, 4) is 0 Å². The molecule has 0 saturated heterocycles. The summed E-state index contributed by atoms with van der Waals surface area (Å²) in [7, 11) is 0. The van der Waals surface area contributed by atoms with Crippen LogP contribution in [0.25, 0.3) is 0 Å². The van der Waals surface area contributed by atoms with Crippen molar-refractivity contribution < 1.29 is 0 Å². The van der Waals surface area contributed by atoms with Gasteiger partial charge in [0.05, 0.1) is 0 Å². The van der Waals surface area contributed by atoms with Gasteiger partial charge in [0.15, 0.2) is 0 Å². The zero-order chi connectivity index (χ0) is 7.68. The molecular formula is C9H12N2. The van der Waals surface area contributed by atoms with Crippen LogP contribution in [0.2, 0.25) is 0 Å². The van der Waals surface area contributed by atoms with Crippen LogP contribution in [-0.2, 0) is 0 Å². The number of benzene rings is 1. The number of nitrogens with two attached hydrogens (primary N) is 1. The summed E-state index contributed by atoms with van der Waals surface area (Å²) < 4.78 is 0. The number of rotatable bonds is 2. The molecule has 2 atom stereocenters. The molecular weight excluding hydrogens is 136 g/mol. The Labute approximate surface area is 66.4 Å². The Morgan fingerprint density at radius 1 is 1.27 bits per heavy atom. The molecule has 3 N–H and O–H groups in total. The van der Waals surface area contributed by atoms with Crippen LogP contribution in [0, 0.1) is 0 Å². The van der Waals surface area contributed by atoms with Gasteiger partial charge in [0.2, 0.25) is 0 Å². The fourth-order valence-electron chi connectivity index (χ4n) is 1.45. The lowest BCUT2D eigenvalue weighted by molar-refractivity contribution is 0.715. The van der Waals surface area contributed by atoms with Crippen LogP contribution >= 0.6 is 0 Å². The first kappa shape index (κ1) is 6.83. The van der Waals surface area contributed by atoms with Crippen LogP contribution in [0.4, 0.5) is 0 Å². The van der Waals surface area contributed by atoms with Crippen molar-refractivity contribution in [1.82, 2.24) is 5.43 Å². The van der Waals surface area contributed by atoms with Gasteiger partial charge in [-0.1, -0.05) is 30.3 Å². The minimum atomic E-state index is 0.511. The fraction of sp³-hybridized carbons (Fsp3) is 0.333. The predicted molar refractivity (Wildman–Crippen MR) is 44.9 cm³/mol. The number of hydrogen-bond donors (Lipinski definition) is 2. The van der Waals surface area contributed by atoms with Crippen molar-refractivity contribution in [2.75, 3.05) is 0 Å². The first-order valence-electron chi connectivity index (χ1n) is 3.93. The minimum Gasteiger partial charge on any atom is -0.271 e. The Kier molecular flexibility index (Phi) is 1.64. The summed E-state index contributed by atoms with van der Waals surface area (Å²) in [5, 5.41) is 0. The molecule has 0 heterocycles. The lowest BCUT2D eigenvalue weighted by Crippen LogP contribution is -2.25. The molecule has 2 nitrogen and oxygen atoms in total. The first-order chi connectivity index (χ1) is 5.42. The molecule has 0 bridgehead atoms. The van der Waals surface area contributed by atoms with Gasteiger partial charge in [-0.2, -0.15) is 0 Å². The number of nitrogens with one attached hydrogen (secondary N) is 1. The Hall–Kier alpha value is -0.860. The van der Waals surface area contributed by atoms with Gasteiger partial charge in [-0.05, 0) is 12.0 Å². The van der Waals surface area contributed by atoms with Crippen LogP contribution < -0.4 is 11.3 Å². The molecule has 0 aliphatic heterocycles. The summed E-state index contributed by atoms with van der Waals surface area (Å²) in [5.41, 5.74) is 4.19. The molecule has 2 unspecified atom stereocenters. The van der Waals surface area contributed by atoms with E-state index in [-0.39, 0.29) is 0 Å². The van der Waals surface area contributed by atoms with Crippen molar-refractivity contribution in [3.63, 3.8) is 0 Å². The minimum absolute atomic E-state index is 0.511. The van der Waals surface area contributed by atoms with Crippen LogP contribution in [-0.4, -0.2) is 6.04 Å². The third-order valence-electron chi connectivity index (χ3n) is 2.23. The van der Waals surface area contributed by atoms with Gasteiger partial charge >= 0.3 is 0 Å². The van der Waals surface area contributed by atoms with Crippen molar-refractivity contribution in [3.05, 3.63) is 35.9 Å². The van der Waals surface area contributed by atoms with E-state index in [0.29, 0.717) is 12.0 Å². The molecule has 0 amide bonds. The smallest absolute Gasteiger partial charge is 0.0286 e. The van der Waals surface area contributed by atoms with Crippen molar-refractivity contribution >= 4 is 0 Å². The fourth-order valence-corrected chi connectivity index (χ4v) is 1.45. The zero-order valence-corrected chi connectivity index (χ0v) is 6.33. The second-order valence-corrected chi connectivity index (χ2v) is 3.03. The summed E-state index contributed by atoms with van der Waals surface area (Å²) in [6.07, 6.45) is 1.18. The van der Waals surface area contributed by atoms with E-state index in [1.807, 2.05) is 6.07 Å². The standard InChI is InChI=1S/C9H12N2/c10-11-9-6-8(9)7-4-2-1-3-5-7/h1-5,8-9,11H,6,10H2. The SMILES string of the molecule is NNC1CC1c1ccccc1. The molecule has 1 aliphatic carbocycles. The van der Waals surface area contributed by atoms with Crippen molar-refractivity contribution in [1.29, 1.82) is 0 Å². The van der Waals surface area contributed by atoms with E-state index in [4.69, 9.17) is 5.84 Å². The molecule has 1 aliphatic rings. The molecule has 0 radical (unpaired) electrons. The highest BCUT2D eigenvalue weighted by molar-refractivity contribution is 5.27. The molecule has 1 aromatic rings. The molecule has 0 aromatic heterocycles. The average molecular weight is 148 g/mol. The molecule has 0 spiro atoms. The van der Waals surface area contributed by atoms with Gasteiger partial charge in [-0.3, -0.25) is 11.3 Å². The van der Waals surface area contributed by atoms with E-state index in [1.54, 1.807) is 0 Å². The van der Waals surface area contributed by atoms with Gasteiger partial charge in [0.25, 0.3) is 0 Å². The highest BCUT2D eigenvalue weighted by Crippen LogP contribution is 2.39. The quantitative estimate of drug-likeness (QED) is 0.485. The Morgan fingerprint density at radius 2 is 2.00 bits per heavy atom. The summed E-state index contributed by atoms with van der Waals surface area (Å²) in [5.74, 6) is 5.97. The predicted octanol–water partition coefficient (Wildman–Crippen LogP) is 1.01. The third kappa shape index (κ3) is 1.27. The highest BCUT2D eigenvalue weighted by Gasteiger charge is 2.36. The highest BCUT2D eigenvalue weighted by atomic mass is 15.3. The van der Waals surface area contributed by atoms with E-state index in [9.17, 15) is 0 Å². The molecule has 58 valence electrons. The molecule has 11 heavy (non-hydrogen) atoms. The van der Waals surface area contributed by atoms with E-state index in [2.05, 4.69) is 29.7 Å². The lowest BCUT2D eigenvalue weighted by atomic mass is 10.1. The molecule has 1 aromatic carbocycles. The molecule has 1 saturated carbocycles. The second-order valence-electron chi connectivity index (χ2n) is 3.03. The summed E-state index contributed by atoms with van der Waals surface area (Å²) in [6, 6.07) is 11.0. The van der Waals surface area contributed by atoms with Crippen LogP contribution in [0.3, 0.4) is 0 Å². The van der Waals surface area contributed by atoms with E-state index >= 15 is 0 Å². The van der Waals surface area contributed by atoms with Gasteiger partial charge in [-0.25, -0.2) is 0 Å². The Morgan fingerprint density at radius 3 is 2.55 bits per heavy atom. The Balaban J connectivity index is 2.09. The monoisotopic (exact) mass is 148 g/mol. The van der Waals surface area contributed by atoms with Crippen molar-refractivity contribution in [2.45, 2.75) is 18.4 Å². The third-order valence-corrected chi connectivity index (χ3v) is 2.23. The molecule has 1 fully saturated rings. The lowest BCUT2D eigenvalue weighted by Gasteiger charge is -1.97.